The molecular formula is C14H19N3. The fourth-order valence-electron chi connectivity index (χ4n) is 1.94. The summed E-state index contributed by atoms with van der Waals surface area (Å²) in [6.07, 6.45) is 3.68. The van der Waals surface area contributed by atoms with Crippen molar-refractivity contribution in [1.82, 2.24) is 9.78 Å². The highest BCUT2D eigenvalue weighted by atomic mass is 15.2. The van der Waals surface area contributed by atoms with E-state index in [-0.39, 0.29) is 6.04 Å². The van der Waals surface area contributed by atoms with Crippen molar-refractivity contribution in [2.75, 3.05) is 0 Å². The first kappa shape index (κ1) is 11.9. The van der Waals surface area contributed by atoms with E-state index in [9.17, 15) is 0 Å². The third-order valence-corrected chi connectivity index (χ3v) is 2.86. The topological polar surface area (TPSA) is 43.8 Å². The molecule has 0 saturated carbocycles. The van der Waals surface area contributed by atoms with Crippen LogP contribution in [0.2, 0.25) is 0 Å². The number of hydrogen-bond acceptors (Lipinski definition) is 2. The van der Waals surface area contributed by atoms with Crippen molar-refractivity contribution >= 4 is 0 Å². The Morgan fingerprint density at radius 2 is 1.88 bits per heavy atom. The molecule has 3 nitrogen and oxygen atoms in total. The number of nitrogens with zero attached hydrogens (tertiary/aromatic N) is 2. The van der Waals surface area contributed by atoms with Gasteiger partial charge in [-0.05, 0) is 25.0 Å². The van der Waals surface area contributed by atoms with Crippen molar-refractivity contribution in [3.05, 3.63) is 53.3 Å². The Balaban J connectivity index is 1.93. The number of rotatable bonds is 4. The lowest BCUT2D eigenvalue weighted by atomic mass is 10.0. The molecule has 1 aromatic carbocycles. The van der Waals surface area contributed by atoms with E-state index in [1.54, 1.807) is 0 Å². The van der Waals surface area contributed by atoms with Crippen LogP contribution in [0.25, 0.3) is 0 Å². The maximum Gasteiger partial charge on any atom is 0.0640 e. The standard InChI is InChI=1S/C14H19N3/c1-11-3-5-12(6-4-11)9-13(15)10-14-7-8-17(2)16-14/h3-8,13H,9-10,15H2,1-2H3. The fraction of sp³-hybridized carbons (Fsp3) is 0.357. The zero-order valence-corrected chi connectivity index (χ0v) is 10.4. The molecule has 1 heterocycles. The van der Waals surface area contributed by atoms with Gasteiger partial charge < -0.3 is 5.73 Å². The Labute approximate surface area is 102 Å². The van der Waals surface area contributed by atoms with Crippen LogP contribution in [0.3, 0.4) is 0 Å². The Hall–Kier alpha value is -1.61. The van der Waals surface area contributed by atoms with Crippen molar-refractivity contribution in [3.8, 4) is 0 Å². The third kappa shape index (κ3) is 3.43. The summed E-state index contributed by atoms with van der Waals surface area (Å²) in [7, 11) is 1.93. The van der Waals surface area contributed by atoms with Gasteiger partial charge >= 0.3 is 0 Å². The molecule has 0 radical (unpaired) electrons. The molecule has 2 rings (SSSR count). The summed E-state index contributed by atoms with van der Waals surface area (Å²) in [6, 6.07) is 10.7. The molecule has 0 aliphatic carbocycles. The number of nitrogens with two attached hydrogens (primary N) is 1. The van der Waals surface area contributed by atoms with Crippen LogP contribution in [-0.4, -0.2) is 15.8 Å². The van der Waals surface area contributed by atoms with Crippen LogP contribution in [0, 0.1) is 6.92 Å². The molecule has 0 amide bonds. The molecule has 90 valence electrons. The second-order valence-corrected chi connectivity index (χ2v) is 4.63. The van der Waals surface area contributed by atoms with Crippen molar-refractivity contribution in [3.63, 3.8) is 0 Å². The summed E-state index contributed by atoms with van der Waals surface area (Å²) in [4.78, 5) is 0. The van der Waals surface area contributed by atoms with E-state index in [1.165, 1.54) is 11.1 Å². The molecule has 2 aromatic rings. The summed E-state index contributed by atoms with van der Waals surface area (Å²) in [6.45, 7) is 2.09. The summed E-state index contributed by atoms with van der Waals surface area (Å²) >= 11 is 0. The molecule has 0 fully saturated rings. The van der Waals surface area contributed by atoms with Crippen molar-refractivity contribution in [1.29, 1.82) is 0 Å². The molecule has 0 bridgehead atoms. The summed E-state index contributed by atoms with van der Waals surface area (Å²) < 4.78 is 1.81. The quantitative estimate of drug-likeness (QED) is 0.869. The van der Waals surface area contributed by atoms with Crippen LogP contribution in [-0.2, 0) is 19.9 Å². The molecule has 1 atom stereocenters. The van der Waals surface area contributed by atoms with E-state index in [0.29, 0.717) is 0 Å². The van der Waals surface area contributed by atoms with Gasteiger partial charge in [-0.25, -0.2) is 0 Å². The van der Waals surface area contributed by atoms with Crippen molar-refractivity contribution in [2.24, 2.45) is 12.8 Å². The molecule has 0 saturated heterocycles. The normalized spacial score (nSPS) is 12.6. The monoisotopic (exact) mass is 229 g/mol. The lowest BCUT2D eigenvalue weighted by Crippen LogP contribution is -2.25. The highest BCUT2D eigenvalue weighted by molar-refractivity contribution is 5.22. The van der Waals surface area contributed by atoms with Gasteiger partial charge in [-0.1, -0.05) is 29.8 Å². The first-order valence-corrected chi connectivity index (χ1v) is 5.93. The van der Waals surface area contributed by atoms with E-state index in [1.807, 2.05) is 24.0 Å². The molecule has 1 unspecified atom stereocenters. The second-order valence-electron chi connectivity index (χ2n) is 4.63. The molecule has 3 heteroatoms. The molecule has 0 aliphatic heterocycles. The molecule has 17 heavy (non-hydrogen) atoms. The minimum atomic E-state index is 0.132. The first-order chi connectivity index (χ1) is 8.13. The highest BCUT2D eigenvalue weighted by Gasteiger charge is 2.07. The van der Waals surface area contributed by atoms with Crippen LogP contribution in [0.15, 0.2) is 36.5 Å². The lowest BCUT2D eigenvalue weighted by molar-refractivity contribution is 0.638. The van der Waals surface area contributed by atoms with Crippen LogP contribution in [0.1, 0.15) is 16.8 Å². The molecular weight excluding hydrogens is 210 g/mol. The van der Waals surface area contributed by atoms with Gasteiger partial charge in [0.2, 0.25) is 0 Å². The van der Waals surface area contributed by atoms with E-state index in [2.05, 4.69) is 36.3 Å². The summed E-state index contributed by atoms with van der Waals surface area (Å²) in [5.41, 5.74) is 9.77. The zero-order valence-electron chi connectivity index (χ0n) is 10.4. The highest BCUT2D eigenvalue weighted by Crippen LogP contribution is 2.08. The Kier molecular flexibility index (Phi) is 3.59. The van der Waals surface area contributed by atoms with E-state index < -0.39 is 0 Å². The molecule has 1 aromatic heterocycles. The van der Waals surface area contributed by atoms with Gasteiger partial charge in [-0.15, -0.1) is 0 Å². The minimum Gasteiger partial charge on any atom is -0.327 e. The summed E-state index contributed by atoms with van der Waals surface area (Å²) in [5, 5.41) is 4.34. The zero-order chi connectivity index (χ0) is 12.3. The number of hydrogen-bond donors (Lipinski definition) is 1. The Morgan fingerprint density at radius 1 is 1.18 bits per heavy atom. The predicted molar refractivity (Wildman–Crippen MR) is 69.8 cm³/mol. The van der Waals surface area contributed by atoms with Gasteiger partial charge in [-0.2, -0.15) is 5.10 Å². The Bertz CT molecular complexity index is 470. The van der Waals surface area contributed by atoms with Gasteiger partial charge in [0.05, 0.1) is 5.69 Å². The smallest absolute Gasteiger partial charge is 0.0640 e. The van der Waals surface area contributed by atoms with Crippen LogP contribution in [0.4, 0.5) is 0 Å². The predicted octanol–water partition coefficient (Wildman–Crippen LogP) is 1.84. The van der Waals surface area contributed by atoms with Crippen LogP contribution >= 0.6 is 0 Å². The maximum absolute atomic E-state index is 6.14. The van der Waals surface area contributed by atoms with Gasteiger partial charge in [0, 0.05) is 25.7 Å². The fourth-order valence-corrected chi connectivity index (χ4v) is 1.94. The Morgan fingerprint density at radius 3 is 2.47 bits per heavy atom. The SMILES string of the molecule is Cc1ccc(CC(N)Cc2ccn(C)n2)cc1. The molecule has 2 N–H and O–H groups in total. The number of benzene rings is 1. The summed E-state index contributed by atoms with van der Waals surface area (Å²) in [5.74, 6) is 0. The van der Waals surface area contributed by atoms with Crippen LogP contribution in [0.5, 0.6) is 0 Å². The third-order valence-electron chi connectivity index (χ3n) is 2.86. The average Bonchev–Trinajstić information content (AvgIpc) is 2.67. The van der Waals surface area contributed by atoms with Gasteiger partial charge in [0.1, 0.15) is 0 Å². The molecule has 0 aliphatic rings. The largest absolute Gasteiger partial charge is 0.327 e. The van der Waals surface area contributed by atoms with Crippen molar-refractivity contribution in [2.45, 2.75) is 25.8 Å². The second kappa shape index (κ2) is 5.15. The lowest BCUT2D eigenvalue weighted by Gasteiger charge is -2.10. The van der Waals surface area contributed by atoms with Crippen molar-refractivity contribution < 1.29 is 0 Å². The van der Waals surface area contributed by atoms with Crippen LogP contribution < -0.4 is 5.73 Å². The average molecular weight is 229 g/mol. The van der Waals surface area contributed by atoms with Gasteiger partial charge in [0.15, 0.2) is 0 Å². The van der Waals surface area contributed by atoms with Gasteiger partial charge in [-0.3, -0.25) is 4.68 Å². The van der Waals surface area contributed by atoms with E-state index in [4.69, 9.17) is 5.73 Å². The maximum atomic E-state index is 6.14. The molecule has 0 spiro atoms. The van der Waals surface area contributed by atoms with Gasteiger partial charge in [0.25, 0.3) is 0 Å². The minimum absolute atomic E-state index is 0.132. The van der Waals surface area contributed by atoms with E-state index in [0.717, 1.165) is 18.5 Å². The first-order valence-electron chi connectivity index (χ1n) is 5.93. The van der Waals surface area contributed by atoms with E-state index >= 15 is 0 Å². The number of aromatic nitrogens is 2. The number of aryl methyl sites for hydroxylation is 2.